The molecule has 6 heteroatoms. The molecule has 0 aliphatic rings. The monoisotopic (exact) mass is 316 g/mol. The molecule has 0 fully saturated rings. The largest absolute Gasteiger partial charge is 0.356 e. The molecular weight excluding hydrogens is 299 g/mol. The van der Waals surface area contributed by atoms with Crippen molar-refractivity contribution >= 4 is 11.6 Å². The summed E-state index contributed by atoms with van der Waals surface area (Å²) in [4.78, 5) is 22.3. The fourth-order valence-electron chi connectivity index (χ4n) is 2.25. The topological polar surface area (TPSA) is 72.2 Å². The summed E-state index contributed by atoms with van der Waals surface area (Å²) < 4.78 is 12.8. The van der Waals surface area contributed by atoms with Crippen molar-refractivity contribution in [1.82, 2.24) is 5.32 Å². The van der Waals surface area contributed by atoms with Crippen molar-refractivity contribution in [2.24, 2.45) is 0 Å². The van der Waals surface area contributed by atoms with Crippen molar-refractivity contribution in [3.8, 4) is 0 Å². The Labute approximate surface area is 133 Å². The number of nitro benzene ring substituents is 1. The zero-order chi connectivity index (χ0) is 16.7. The molecule has 0 spiro atoms. The maximum absolute atomic E-state index is 12.8. The third-order valence-corrected chi connectivity index (χ3v) is 3.42. The number of halogens is 1. The van der Waals surface area contributed by atoms with Gasteiger partial charge < -0.3 is 5.32 Å². The average Bonchev–Trinajstić information content (AvgIpc) is 2.53. The quantitative estimate of drug-likeness (QED) is 0.485. The molecule has 0 heterocycles. The second kappa shape index (κ2) is 8.03. The Balaban J connectivity index is 1.77. The second-order valence-corrected chi connectivity index (χ2v) is 5.14. The molecule has 2 aromatic rings. The summed E-state index contributed by atoms with van der Waals surface area (Å²) in [5.41, 5.74) is 1.35. The SMILES string of the molecule is O=C(Cc1ccccc1[N+](=O)[O-])NCCCc1ccc(F)cc1. The highest BCUT2D eigenvalue weighted by molar-refractivity contribution is 5.79. The van der Waals surface area contributed by atoms with Crippen LogP contribution >= 0.6 is 0 Å². The van der Waals surface area contributed by atoms with Gasteiger partial charge in [0, 0.05) is 18.2 Å². The fourth-order valence-corrected chi connectivity index (χ4v) is 2.25. The van der Waals surface area contributed by atoms with Crippen molar-refractivity contribution in [2.45, 2.75) is 19.3 Å². The van der Waals surface area contributed by atoms with Gasteiger partial charge in [0.05, 0.1) is 11.3 Å². The molecule has 120 valence electrons. The molecule has 2 aromatic carbocycles. The standard InChI is InChI=1S/C17H17FN2O3/c18-15-9-7-13(8-10-15)4-3-11-19-17(21)12-14-5-1-2-6-16(14)20(22)23/h1-2,5-10H,3-4,11-12H2,(H,19,21). The summed E-state index contributed by atoms with van der Waals surface area (Å²) in [5.74, 6) is -0.523. The number of rotatable bonds is 7. The van der Waals surface area contributed by atoms with Crippen LogP contribution in [0.1, 0.15) is 17.5 Å². The van der Waals surface area contributed by atoms with Gasteiger partial charge in [-0.05, 0) is 30.5 Å². The first-order chi connectivity index (χ1) is 11.1. The number of benzene rings is 2. The molecule has 0 aliphatic carbocycles. The summed E-state index contributed by atoms with van der Waals surface area (Å²) in [6.07, 6.45) is 1.42. The highest BCUT2D eigenvalue weighted by Gasteiger charge is 2.14. The van der Waals surface area contributed by atoms with Crippen LogP contribution in [0.3, 0.4) is 0 Å². The van der Waals surface area contributed by atoms with E-state index in [4.69, 9.17) is 0 Å². The number of aryl methyl sites for hydroxylation is 1. The Bertz CT molecular complexity index is 686. The smallest absolute Gasteiger partial charge is 0.273 e. The van der Waals surface area contributed by atoms with Gasteiger partial charge in [-0.3, -0.25) is 14.9 Å². The van der Waals surface area contributed by atoms with Crippen LogP contribution in [0.4, 0.5) is 10.1 Å². The van der Waals surface area contributed by atoms with Crippen LogP contribution in [0.25, 0.3) is 0 Å². The van der Waals surface area contributed by atoms with Gasteiger partial charge in [0.2, 0.25) is 5.91 Å². The van der Waals surface area contributed by atoms with Gasteiger partial charge in [-0.2, -0.15) is 0 Å². The van der Waals surface area contributed by atoms with Crippen molar-refractivity contribution in [3.05, 3.63) is 75.6 Å². The van der Waals surface area contributed by atoms with Crippen LogP contribution in [0.5, 0.6) is 0 Å². The van der Waals surface area contributed by atoms with Gasteiger partial charge in [-0.15, -0.1) is 0 Å². The maximum Gasteiger partial charge on any atom is 0.273 e. The van der Waals surface area contributed by atoms with Gasteiger partial charge >= 0.3 is 0 Å². The maximum atomic E-state index is 12.8. The molecule has 0 aliphatic heterocycles. The number of carbonyl (C=O) groups excluding carboxylic acids is 1. The number of amides is 1. The van der Waals surface area contributed by atoms with E-state index in [0.717, 1.165) is 12.0 Å². The minimum absolute atomic E-state index is 0.0201. The molecule has 0 aromatic heterocycles. The summed E-state index contributed by atoms with van der Waals surface area (Å²) in [6, 6.07) is 12.4. The predicted molar refractivity (Wildman–Crippen MR) is 84.5 cm³/mol. The van der Waals surface area contributed by atoms with Crippen LogP contribution in [-0.2, 0) is 17.6 Å². The van der Waals surface area contributed by atoms with Crippen molar-refractivity contribution in [2.75, 3.05) is 6.54 Å². The van der Waals surface area contributed by atoms with Gasteiger partial charge in [-0.1, -0.05) is 30.3 Å². The molecule has 2 rings (SSSR count). The molecule has 5 nitrogen and oxygen atoms in total. The first-order valence-corrected chi connectivity index (χ1v) is 7.29. The van der Waals surface area contributed by atoms with Crippen molar-refractivity contribution < 1.29 is 14.1 Å². The van der Waals surface area contributed by atoms with E-state index in [-0.39, 0.29) is 23.8 Å². The van der Waals surface area contributed by atoms with Crippen LogP contribution in [-0.4, -0.2) is 17.4 Å². The van der Waals surface area contributed by atoms with Gasteiger partial charge in [0.25, 0.3) is 5.69 Å². The molecule has 1 N–H and O–H groups in total. The Morgan fingerprint density at radius 3 is 2.52 bits per heavy atom. The van der Waals surface area contributed by atoms with Gasteiger partial charge in [0.15, 0.2) is 0 Å². The molecule has 0 radical (unpaired) electrons. The van der Waals surface area contributed by atoms with E-state index in [9.17, 15) is 19.3 Å². The highest BCUT2D eigenvalue weighted by Crippen LogP contribution is 2.17. The van der Waals surface area contributed by atoms with E-state index in [2.05, 4.69) is 5.32 Å². The number of hydrogen-bond acceptors (Lipinski definition) is 3. The lowest BCUT2D eigenvalue weighted by molar-refractivity contribution is -0.385. The zero-order valence-corrected chi connectivity index (χ0v) is 12.5. The Hall–Kier alpha value is -2.76. The third-order valence-electron chi connectivity index (χ3n) is 3.42. The van der Waals surface area contributed by atoms with Crippen LogP contribution < -0.4 is 5.32 Å². The molecule has 0 saturated heterocycles. The Morgan fingerprint density at radius 2 is 1.83 bits per heavy atom. The number of nitrogens with zero attached hydrogens (tertiary/aromatic N) is 1. The minimum Gasteiger partial charge on any atom is -0.356 e. The minimum atomic E-state index is -0.489. The van der Waals surface area contributed by atoms with Crippen molar-refractivity contribution in [3.63, 3.8) is 0 Å². The summed E-state index contributed by atoms with van der Waals surface area (Å²) in [6.45, 7) is 0.469. The van der Waals surface area contributed by atoms with Gasteiger partial charge in [0.1, 0.15) is 5.82 Å². The zero-order valence-electron chi connectivity index (χ0n) is 12.5. The molecule has 0 atom stereocenters. The third kappa shape index (κ3) is 5.18. The Kier molecular flexibility index (Phi) is 5.80. The van der Waals surface area contributed by atoms with E-state index in [1.807, 2.05) is 0 Å². The van der Waals surface area contributed by atoms with Gasteiger partial charge in [-0.25, -0.2) is 4.39 Å². The highest BCUT2D eigenvalue weighted by atomic mass is 19.1. The molecule has 23 heavy (non-hydrogen) atoms. The number of hydrogen-bond donors (Lipinski definition) is 1. The first-order valence-electron chi connectivity index (χ1n) is 7.29. The van der Waals surface area contributed by atoms with E-state index in [1.54, 1.807) is 30.3 Å². The number of para-hydroxylation sites is 1. The second-order valence-electron chi connectivity index (χ2n) is 5.14. The van der Waals surface area contributed by atoms with Crippen molar-refractivity contribution in [1.29, 1.82) is 0 Å². The Morgan fingerprint density at radius 1 is 1.13 bits per heavy atom. The summed E-state index contributed by atoms with van der Waals surface area (Å²) >= 11 is 0. The first kappa shape index (κ1) is 16.6. The molecular formula is C17H17FN2O3. The van der Waals surface area contributed by atoms with E-state index < -0.39 is 4.92 Å². The molecule has 1 amide bonds. The lowest BCUT2D eigenvalue weighted by atomic mass is 10.1. The van der Waals surface area contributed by atoms with E-state index in [1.165, 1.54) is 18.2 Å². The molecule has 0 bridgehead atoms. The predicted octanol–water partition coefficient (Wildman–Crippen LogP) is 3.03. The average molecular weight is 316 g/mol. The lowest BCUT2D eigenvalue weighted by Gasteiger charge is -2.06. The normalized spacial score (nSPS) is 10.3. The number of nitro groups is 1. The number of carbonyl (C=O) groups is 1. The van der Waals surface area contributed by atoms with E-state index in [0.29, 0.717) is 18.5 Å². The number of nitrogens with one attached hydrogen (secondary N) is 1. The van der Waals surface area contributed by atoms with E-state index >= 15 is 0 Å². The molecule has 0 unspecified atom stereocenters. The van der Waals surface area contributed by atoms with Crippen LogP contribution in [0.15, 0.2) is 48.5 Å². The molecule has 0 saturated carbocycles. The summed E-state index contributed by atoms with van der Waals surface area (Å²) in [5, 5.41) is 13.6. The van der Waals surface area contributed by atoms with Crippen LogP contribution in [0, 0.1) is 15.9 Å². The fraction of sp³-hybridized carbons (Fsp3) is 0.235. The summed E-state index contributed by atoms with van der Waals surface area (Å²) in [7, 11) is 0. The lowest BCUT2D eigenvalue weighted by Crippen LogP contribution is -2.26. The van der Waals surface area contributed by atoms with Crippen LogP contribution in [0.2, 0.25) is 0 Å².